The van der Waals surface area contributed by atoms with Crippen LogP contribution in [-0.2, 0) is 0 Å². The van der Waals surface area contributed by atoms with E-state index in [-0.39, 0.29) is 0 Å². The van der Waals surface area contributed by atoms with Gasteiger partial charge in [0.05, 0.1) is 0 Å². The molecule has 0 aromatic heterocycles. The average molecular weight is 169 g/mol. The molecule has 0 saturated heterocycles. The Labute approximate surface area is 76.9 Å². The summed E-state index contributed by atoms with van der Waals surface area (Å²) in [5, 5.41) is 3.73. The van der Waals surface area contributed by atoms with E-state index in [1.807, 2.05) is 0 Å². The van der Waals surface area contributed by atoms with Crippen molar-refractivity contribution in [2.45, 2.75) is 59.5 Å². The molecule has 0 bridgehead atoms. The first kappa shape index (κ1) is 10.0. The summed E-state index contributed by atoms with van der Waals surface area (Å²) in [6, 6.07) is 1.50. The number of hydrogen-bond donors (Lipinski definition) is 1. The molecule has 0 radical (unpaired) electrons. The van der Waals surface area contributed by atoms with Crippen LogP contribution in [0.4, 0.5) is 0 Å². The highest BCUT2D eigenvalue weighted by molar-refractivity contribution is 5.02. The van der Waals surface area contributed by atoms with Crippen molar-refractivity contribution in [3.63, 3.8) is 0 Å². The van der Waals surface area contributed by atoms with Crippen molar-refractivity contribution in [3.05, 3.63) is 0 Å². The standard InChI is InChI=1S/C11H23N/c1-6-9(8(2)3)12-10-7-11(10,4)5/h8-10,12H,6-7H2,1-5H3. The lowest BCUT2D eigenvalue weighted by Crippen LogP contribution is -2.36. The van der Waals surface area contributed by atoms with Gasteiger partial charge in [0, 0.05) is 12.1 Å². The van der Waals surface area contributed by atoms with E-state index in [0.29, 0.717) is 5.41 Å². The van der Waals surface area contributed by atoms with E-state index >= 15 is 0 Å². The van der Waals surface area contributed by atoms with E-state index in [9.17, 15) is 0 Å². The van der Waals surface area contributed by atoms with E-state index in [0.717, 1.165) is 18.0 Å². The molecule has 1 rings (SSSR count). The second kappa shape index (κ2) is 3.37. The summed E-state index contributed by atoms with van der Waals surface area (Å²) in [6.45, 7) is 11.6. The van der Waals surface area contributed by atoms with Crippen molar-refractivity contribution < 1.29 is 0 Å². The minimum Gasteiger partial charge on any atom is -0.310 e. The second-order valence-electron chi connectivity index (χ2n) is 5.17. The quantitative estimate of drug-likeness (QED) is 0.682. The van der Waals surface area contributed by atoms with Crippen LogP contribution in [0.25, 0.3) is 0 Å². The van der Waals surface area contributed by atoms with Gasteiger partial charge in [-0.15, -0.1) is 0 Å². The Balaban J connectivity index is 2.30. The largest absolute Gasteiger partial charge is 0.310 e. The molecule has 0 aliphatic heterocycles. The Kier molecular flexibility index (Phi) is 2.82. The predicted octanol–water partition coefficient (Wildman–Crippen LogP) is 2.81. The molecule has 2 unspecified atom stereocenters. The maximum Gasteiger partial charge on any atom is 0.0127 e. The number of nitrogens with one attached hydrogen (secondary N) is 1. The molecule has 0 spiro atoms. The highest BCUT2D eigenvalue weighted by Crippen LogP contribution is 2.45. The van der Waals surface area contributed by atoms with Crippen LogP contribution in [0.15, 0.2) is 0 Å². The van der Waals surface area contributed by atoms with Gasteiger partial charge in [-0.05, 0) is 24.2 Å². The minimum absolute atomic E-state index is 0.572. The molecule has 12 heavy (non-hydrogen) atoms. The van der Waals surface area contributed by atoms with Crippen LogP contribution in [0.1, 0.15) is 47.5 Å². The van der Waals surface area contributed by atoms with Crippen LogP contribution in [-0.4, -0.2) is 12.1 Å². The van der Waals surface area contributed by atoms with Crippen molar-refractivity contribution in [3.8, 4) is 0 Å². The lowest BCUT2D eigenvalue weighted by atomic mass is 10.0. The van der Waals surface area contributed by atoms with E-state index in [4.69, 9.17) is 0 Å². The maximum atomic E-state index is 3.73. The Morgan fingerprint density at radius 2 is 1.92 bits per heavy atom. The van der Waals surface area contributed by atoms with Gasteiger partial charge in [0.2, 0.25) is 0 Å². The Morgan fingerprint density at radius 1 is 1.42 bits per heavy atom. The molecule has 0 aromatic carbocycles. The highest BCUT2D eigenvalue weighted by Gasteiger charge is 2.46. The third-order valence-electron chi connectivity index (χ3n) is 3.17. The zero-order valence-electron chi connectivity index (χ0n) is 9.15. The van der Waals surface area contributed by atoms with Gasteiger partial charge in [-0.3, -0.25) is 0 Å². The molecule has 1 aliphatic carbocycles. The van der Waals surface area contributed by atoms with E-state index in [2.05, 4.69) is 39.9 Å². The summed E-state index contributed by atoms with van der Waals surface area (Å²) in [4.78, 5) is 0. The first-order chi connectivity index (χ1) is 5.47. The van der Waals surface area contributed by atoms with Gasteiger partial charge in [-0.2, -0.15) is 0 Å². The SMILES string of the molecule is CCC(NC1CC1(C)C)C(C)C. The zero-order chi connectivity index (χ0) is 9.35. The highest BCUT2D eigenvalue weighted by atomic mass is 15.0. The lowest BCUT2D eigenvalue weighted by Gasteiger charge is -2.21. The fourth-order valence-corrected chi connectivity index (χ4v) is 1.79. The first-order valence-corrected chi connectivity index (χ1v) is 5.23. The third-order valence-corrected chi connectivity index (χ3v) is 3.17. The molecule has 0 heterocycles. The second-order valence-corrected chi connectivity index (χ2v) is 5.17. The molecule has 2 atom stereocenters. The first-order valence-electron chi connectivity index (χ1n) is 5.23. The van der Waals surface area contributed by atoms with Crippen molar-refractivity contribution in [2.75, 3.05) is 0 Å². The summed E-state index contributed by atoms with van der Waals surface area (Å²) in [5.41, 5.74) is 0.572. The van der Waals surface area contributed by atoms with E-state index in [1.54, 1.807) is 0 Å². The molecular weight excluding hydrogens is 146 g/mol. The van der Waals surface area contributed by atoms with Crippen molar-refractivity contribution in [2.24, 2.45) is 11.3 Å². The summed E-state index contributed by atoms with van der Waals surface area (Å²) < 4.78 is 0. The Morgan fingerprint density at radius 3 is 2.17 bits per heavy atom. The molecule has 1 fully saturated rings. The molecule has 1 aliphatic rings. The summed E-state index contributed by atoms with van der Waals surface area (Å²) in [5.74, 6) is 0.770. The molecule has 1 N–H and O–H groups in total. The van der Waals surface area contributed by atoms with Crippen molar-refractivity contribution in [1.29, 1.82) is 0 Å². The molecule has 0 amide bonds. The maximum absolute atomic E-state index is 3.73. The normalized spacial score (nSPS) is 29.0. The van der Waals surface area contributed by atoms with Gasteiger partial charge in [0.1, 0.15) is 0 Å². The van der Waals surface area contributed by atoms with Crippen LogP contribution >= 0.6 is 0 Å². The molecular formula is C11H23N. The Hall–Kier alpha value is -0.0400. The smallest absolute Gasteiger partial charge is 0.0127 e. The summed E-state index contributed by atoms with van der Waals surface area (Å²) in [7, 11) is 0. The van der Waals surface area contributed by atoms with Gasteiger partial charge < -0.3 is 5.32 Å². The summed E-state index contributed by atoms with van der Waals surface area (Å²) in [6.07, 6.45) is 2.61. The van der Waals surface area contributed by atoms with Crippen LogP contribution in [0.3, 0.4) is 0 Å². The third kappa shape index (κ3) is 2.22. The fourth-order valence-electron chi connectivity index (χ4n) is 1.79. The predicted molar refractivity (Wildman–Crippen MR) is 54.2 cm³/mol. The Bertz CT molecular complexity index is 149. The number of hydrogen-bond acceptors (Lipinski definition) is 1. The fraction of sp³-hybridized carbons (Fsp3) is 1.00. The average Bonchev–Trinajstić information content (AvgIpc) is 2.53. The number of rotatable bonds is 4. The van der Waals surface area contributed by atoms with Crippen LogP contribution in [0.5, 0.6) is 0 Å². The van der Waals surface area contributed by atoms with Gasteiger partial charge in [0.15, 0.2) is 0 Å². The van der Waals surface area contributed by atoms with Gasteiger partial charge >= 0.3 is 0 Å². The minimum atomic E-state index is 0.572. The van der Waals surface area contributed by atoms with Crippen LogP contribution in [0, 0.1) is 11.3 Å². The van der Waals surface area contributed by atoms with E-state index < -0.39 is 0 Å². The molecule has 1 nitrogen and oxygen atoms in total. The summed E-state index contributed by atoms with van der Waals surface area (Å²) >= 11 is 0. The van der Waals surface area contributed by atoms with Crippen molar-refractivity contribution >= 4 is 0 Å². The monoisotopic (exact) mass is 169 g/mol. The van der Waals surface area contributed by atoms with Gasteiger partial charge in [-0.25, -0.2) is 0 Å². The van der Waals surface area contributed by atoms with Crippen LogP contribution in [0.2, 0.25) is 0 Å². The lowest BCUT2D eigenvalue weighted by molar-refractivity contribution is 0.366. The van der Waals surface area contributed by atoms with Gasteiger partial charge in [-0.1, -0.05) is 34.6 Å². The zero-order valence-corrected chi connectivity index (χ0v) is 9.15. The molecule has 1 saturated carbocycles. The van der Waals surface area contributed by atoms with E-state index in [1.165, 1.54) is 12.8 Å². The van der Waals surface area contributed by atoms with Crippen LogP contribution < -0.4 is 5.32 Å². The molecule has 1 heteroatoms. The molecule has 0 aromatic rings. The molecule has 72 valence electrons. The topological polar surface area (TPSA) is 12.0 Å². The van der Waals surface area contributed by atoms with Gasteiger partial charge in [0.25, 0.3) is 0 Å². The van der Waals surface area contributed by atoms with Crippen molar-refractivity contribution in [1.82, 2.24) is 5.32 Å².